The maximum absolute atomic E-state index is 5.28. The first-order valence-corrected chi connectivity index (χ1v) is 4.15. The van der Waals surface area contributed by atoms with E-state index in [1.165, 1.54) is 25.7 Å². The molecule has 0 bridgehead atoms. The molecule has 0 radical (unpaired) electrons. The van der Waals surface area contributed by atoms with Crippen LogP contribution in [0.5, 0.6) is 0 Å². The van der Waals surface area contributed by atoms with Crippen LogP contribution in [0.15, 0.2) is 0 Å². The minimum absolute atomic E-state index is 0.778. The van der Waals surface area contributed by atoms with E-state index in [9.17, 15) is 0 Å². The molecular weight excluding hydrogens is 128 g/mol. The third-order valence-corrected chi connectivity index (χ3v) is 1.70. The topological polar surface area (TPSA) is 18.5 Å². The average molecular weight is 144 g/mol. The van der Waals surface area contributed by atoms with E-state index in [0.29, 0.717) is 0 Å². The predicted octanol–water partition coefficient (Wildman–Crippen LogP) is 1.59. The van der Waals surface area contributed by atoms with Crippen molar-refractivity contribution in [2.45, 2.75) is 25.7 Å². The monoisotopic (exact) mass is 144 g/mol. The van der Waals surface area contributed by atoms with Gasteiger partial charge in [0.15, 0.2) is 0 Å². The molecule has 0 aliphatic carbocycles. The maximum atomic E-state index is 5.28. The third kappa shape index (κ3) is 3.85. The van der Waals surface area contributed by atoms with Crippen LogP contribution in [0.25, 0.3) is 0 Å². The van der Waals surface area contributed by atoms with Gasteiger partial charge in [0.25, 0.3) is 0 Å². The summed E-state index contributed by atoms with van der Waals surface area (Å²) in [5.74, 6) is 0. The highest BCUT2D eigenvalue weighted by molar-refractivity contribution is 4.44. The van der Waals surface area contributed by atoms with E-state index in [1.54, 1.807) is 0 Å². The van der Waals surface area contributed by atoms with Crippen LogP contribution in [0.3, 0.4) is 0 Å². The molecule has 0 amide bonds. The number of rotatable bonds is 0. The molecule has 0 spiro atoms. The van der Waals surface area contributed by atoms with Gasteiger partial charge in [0.1, 0.15) is 0 Å². The second-order valence-electron chi connectivity index (χ2n) is 2.64. The minimum atomic E-state index is 0.778. The van der Waals surface area contributed by atoms with E-state index in [2.05, 4.69) is 0 Å². The van der Waals surface area contributed by atoms with Gasteiger partial charge in [-0.3, -0.25) is 0 Å². The lowest BCUT2D eigenvalue weighted by Gasteiger charge is -2.08. The standard InChI is InChI=1S/C8H16O2/c1-2-4-6-10-8-7-9-5-3-1/h1-8H2. The average Bonchev–Trinajstić information content (AvgIpc) is 2.01. The zero-order valence-electron chi connectivity index (χ0n) is 6.47. The Hall–Kier alpha value is -0.0800. The van der Waals surface area contributed by atoms with Crippen molar-refractivity contribution in [2.24, 2.45) is 0 Å². The summed E-state index contributed by atoms with van der Waals surface area (Å²) in [6.45, 7) is 3.40. The van der Waals surface area contributed by atoms with E-state index in [1.807, 2.05) is 0 Å². The van der Waals surface area contributed by atoms with Crippen molar-refractivity contribution in [2.75, 3.05) is 26.4 Å². The second-order valence-corrected chi connectivity index (χ2v) is 2.64. The van der Waals surface area contributed by atoms with Gasteiger partial charge < -0.3 is 9.47 Å². The van der Waals surface area contributed by atoms with Crippen molar-refractivity contribution in [1.29, 1.82) is 0 Å². The van der Waals surface area contributed by atoms with Crippen molar-refractivity contribution in [3.63, 3.8) is 0 Å². The molecule has 0 aromatic rings. The van der Waals surface area contributed by atoms with E-state index >= 15 is 0 Å². The van der Waals surface area contributed by atoms with Gasteiger partial charge >= 0.3 is 0 Å². The molecule has 0 N–H and O–H groups in total. The molecule has 2 nitrogen and oxygen atoms in total. The van der Waals surface area contributed by atoms with Gasteiger partial charge in [0.2, 0.25) is 0 Å². The van der Waals surface area contributed by atoms with E-state index in [-0.39, 0.29) is 0 Å². The number of hydrogen-bond donors (Lipinski definition) is 0. The number of hydrogen-bond acceptors (Lipinski definition) is 2. The Labute approximate surface area is 62.5 Å². The zero-order valence-corrected chi connectivity index (χ0v) is 6.47. The predicted molar refractivity (Wildman–Crippen MR) is 40.1 cm³/mol. The molecule has 1 aliphatic rings. The first kappa shape index (κ1) is 8.02. The van der Waals surface area contributed by atoms with Crippen LogP contribution in [-0.4, -0.2) is 26.4 Å². The summed E-state index contributed by atoms with van der Waals surface area (Å²) >= 11 is 0. The lowest BCUT2D eigenvalue weighted by molar-refractivity contribution is 0.0385. The highest BCUT2D eigenvalue weighted by Gasteiger charge is 1.95. The van der Waals surface area contributed by atoms with Gasteiger partial charge in [-0.05, 0) is 12.8 Å². The molecule has 0 atom stereocenters. The summed E-state index contributed by atoms with van der Waals surface area (Å²) in [6.07, 6.45) is 5.03. The van der Waals surface area contributed by atoms with Crippen LogP contribution >= 0.6 is 0 Å². The first-order valence-electron chi connectivity index (χ1n) is 4.15. The summed E-state index contributed by atoms with van der Waals surface area (Å²) < 4.78 is 10.6. The zero-order chi connectivity index (χ0) is 7.07. The van der Waals surface area contributed by atoms with Crippen molar-refractivity contribution in [3.05, 3.63) is 0 Å². The maximum Gasteiger partial charge on any atom is 0.0700 e. The van der Waals surface area contributed by atoms with Gasteiger partial charge in [-0.25, -0.2) is 0 Å². The minimum Gasteiger partial charge on any atom is -0.379 e. The normalized spacial score (nSPS) is 24.0. The van der Waals surface area contributed by atoms with Gasteiger partial charge in [0, 0.05) is 13.2 Å². The molecule has 2 heteroatoms. The summed E-state index contributed by atoms with van der Waals surface area (Å²) in [5.41, 5.74) is 0. The summed E-state index contributed by atoms with van der Waals surface area (Å²) in [5, 5.41) is 0. The lowest BCUT2D eigenvalue weighted by atomic mass is 10.2. The molecule has 60 valence electrons. The van der Waals surface area contributed by atoms with Crippen LogP contribution in [-0.2, 0) is 9.47 Å². The molecule has 1 rings (SSSR count). The Morgan fingerprint density at radius 2 is 1.00 bits per heavy atom. The quantitative estimate of drug-likeness (QED) is 0.514. The van der Waals surface area contributed by atoms with Crippen molar-refractivity contribution in [1.82, 2.24) is 0 Å². The van der Waals surface area contributed by atoms with Crippen molar-refractivity contribution in [3.8, 4) is 0 Å². The molecule has 1 saturated heterocycles. The molecule has 0 aromatic heterocycles. The molecule has 10 heavy (non-hydrogen) atoms. The molecular formula is C8H16O2. The van der Waals surface area contributed by atoms with Gasteiger partial charge in [-0.1, -0.05) is 12.8 Å². The van der Waals surface area contributed by atoms with Crippen molar-refractivity contribution < 1.29 is 9.47 Å². The molecule has 1 heterocycles. The molecule has 0 aromatic carbocycles. The fourth-order valence-electron chi connectivity index (χ4n) is 1.08. The smallest absolute Gasteiger partial charge is 0.0700 e. The number of ether oxygens (including phenoxy) is 2. The van der Waals surface area contributed by atoms with Crippen LogP contribution in [0.4, 0.5) is 0 Å². The molecule has 0 unspecified atom stereocenters. The van der Waals surface area contributed by atoms with E-state index in [0.717, 1.165) is 26.4 Å². The van der Waals surface area contributed by atoms with Gasteiger partial charge in [0.05, 0.1) is 13.2 Å². The van der Waals surface area contributed by atoms with Crippen LogP contribution < -0.4 is 0 Å². The Morgan fingerprint density at radius 1 is 0.500 bits per heavy atom. The Morgan fingerprint density at radius 3 is 1.50 bits per heavy atom. The SMILES string of the molecule is C1CCCOCCOCC1. The fraction of sp³-hybridized carbons (Fsp3) is 1.00. The summed E-state index contributed by atoms with van der Waals surface area (Å²) in [4.78, 5) is 0. The van der Waals surface area contributed by atoms with Gasteiger partial charge in [-0.2, -0.15) is 0 Å². The fourth-order valence-corrected chi connectivity index (χ4v) is 1.08. The van der Waals surface area contributed by atoms with Crippen molar-refractivity contribution >= 4 is 0 Å². The van der Waals surface area contributed by atoms with Crippen LogP contribution in [0, 0.1) is 0 Å². The third-order valence-electron chi connectivity index (χ3n) is 1.70. The van der Waals surface area contributed by atoms with Crippen LogP contribution in [0.1, 0.15) is 25.7 Å². The molecule has 0 saturated carbocycles. The van der Waals surface area contributed by atoms with Gasteiger partial charge in [-0.15, -0.1) is 0 Å². The molecule has 1 fully saturated rings. The van der Waals surface area contributed by atoms with E-state index in [4.69, 9.17) is 9.47 Å². The molecule has 1 aliphatic heterocycles. The van der Waals surface area contributed by atoms with E-state index < -0.39 is 0 Å². The summed E-state index contributed by atoms with van der Waals surface area (Å²) in [6, 6.07) is 0. The lowest BCUT2D eigenvalue weighted by Crippen LogP contribution is -2.08. The second kappa shape index (κ2) is 5.69. The Balaban J connectivity index is 2.00. The van der Waals surface area contributed by atoms with Crippen LogP contribution in [0.2, 0.25) is 0 Å². The Bertz CT molecular complexity index is 40.4. The highest BCUT2D eigenvalue weighted by atomic mass is 16.5. The highest BCUT2D eigenvalue weighted by Crippen LogP contribution is 2.01. The Kier molecular flexibility index (Phi) is 4.56. The largest absolute Gasteiger partial charge is 0.379 e. The summed E-state index contributed by atoms with van der Waals surface area (Å²) in [7, 11) is 0. The first-order chi connectivity index (χ1) is 5.00.